The minimum Gasteiger partial charge on any atom is -0.305 e. The molecule has 0 N–H and O–H groups in total. The summed E-state index contributed by atoms with van der Waals surface area (Å²) >= 11 is 12.3. The van der Waals surface area contributed by atoms with Gasteiger partial charge in [0.15, 0.2) is 0 Å². The Morgan fingerprint density at radius 1 is 1.25 bits per heavy atom. The van der Waals surface area contributed by atoms with Gasteiger partial charge in [-0.1, -0.05) is 11.6 Å². The molecule has 1 fully saturated rings. The van der Waals surface area contributed by atoms with Gasteiger partial charge in [-0.25, -0.2) is 9.66 Å². The van der Waals surface area contributed by atoms with Gasteiger partial charge < -0.3 is 5.01 Å². The Kier molecular flexibility index (Phi) is 3.83. The fourth-order valence-corrected chi connectivity index (χ4v) is 3.57. The van der Waals surface area contributed by atoms with Crippen LogP contribution in [0.4, 0.5) is 0 Å². The second kappa shape index (κ2) is 5.45. The third-order valence-corrected chi connectivity index (χ3v) is 4.63. The molecule has 0 bridgehead atoms. The number of benzene rings is 1. The average Bonchev–Trinajstić information content (AvgIpc) is 2.77. The molecular weight excluding hydrogens is 293 g/mol. The van der Waals surface area contributed by atoms with Crippen molar-refractivity contribution in [1.29, 1.82) is 0 Å². The van der Waals surface area contributed by atoms with Gasteiger partial charge in [0.25, 0.3) is 0 Å². The van der Waals surface area contributed by atoms with Crippen LogP contribution in [0.15, 0.2) is 18.2 Å². The standard InChI is InChI=1S/C15H19Cl2N3/c1-10-4-3-5-11(2)19(10)20-14-8-12(17)6-7-13(14)18-15(20)9-16/h6-8,10-11H,3-5,9H2,1-2H3. The molecule has 1 aliphatic rings. The van der Waals surface area contributed by atoms with Crippen molar-refractivity contribution < 1.29 is 0 Å². The third-order valence-electron chi connectivity index (χ3n) is 4.16. The van der Waals surface area contributed by atoms with Crippen LogP contribution in [-0.2, 0) is 5.88 Å². The SMILES string of the molecule is CC1CCCC(C)N1n1c(CCl)nc2ccc(Cl)cc21. The highest BCUT2D eigenvalue weighted by molar-refractivity contribution is 6.31. The second-order valence-electron chi connectivity index (χ2n) is 5.62. The van der Waals surface area contributed by atoms with Crippen molar-refractivity contribution in [2.24, 2.45) is 0 Å². The van der Waals surface area contributed by atoms with Crippen LogP contribution < -0.4 is 5.01 Å². The van der Waals surface area contributed by atoms with Crippen molar-refractivity contribution >= 4 is 34.2 Å². The van der Waals surface area contributed by atoms with E-state index in [0.717, 1.165) is 21.9 Å². The predicted octanol–water partition coefficient (Wildman–Crippen LogP) is 4.33. The van der Waals surface area contributed by atoms with Crippen LogP contribution in [0.3, 0.4) is 0 Å². The van der Waals surface area contributed by atoms with Crippen molar-refractivity contribution in [1.82, 2.24) is 9.66 Å². The van der Waals surface area contributed by atoms with Gasteiger partial charge >= 0.3 is 0 Å². The number of aromatic nitrogens is 2. The first kappa shape index (κ1) is 14.0. The Hall–Kier alpha value is -0.930. The Balaban J connectivity index is 2.19. The number of piperidine rings is 1. The highest BCUT2D eigenvalue weighted by atomic mass is 35.5. The van der Waals surface area contributed by atoms with Crippen molar-refractivity contribution in [2.45, 2.75) is 51.1 Å². The second-order valence-corrected chi connectivity index (χ2v) is 6.32. The van der Waals surface area contributed by atoms with Crippen molar-refractivity contribution in [3.63, 3.8) is 0 Å². The summed E-state index contributed by atoms with van der Waals surface area (Å²) in [7, 11) is 0. The van der Waals surface area contributed by atoms with E-state index >= 15 is 0 Å². The highest BCUT2D eigenvalue weighted by Gasteiger charge is 2.28. The van der Waals surface area contributed by atoms with Gasteiger partial charge in [0.2, 0.25) is 0 Å². The summed E-state index contributed by atoms with van der Waals surface area (Å²) in [5.41, 5.74) is 2.00. The van der Waals surface area contributed by atoms with Gasteiger partial charge in [0, 0.05) is 17.1 Å². The Labute approximate surface area is 129 Å². The monoisotopic (exact) mass is 311 g/mol. The summed E-state index contributed by atoms with van der Waals surface area (Å²) in [5.74, 6) is 1.30. The number of nitrogens with zero attached hydrogens (tertiary/aromatic N) is 3. The lowest BCUT2D eigenvalue weighted by Crippen LogP contribution is -2.51. The first-order valence-corrected chi connectivity index (χ1v) is 8.04. The zero-order valence-corrected chi connectivity index (χ0v) is 13.3. The summed E-state index contributed by atoms with van der Waals surface area (Å²) in [5, 5.41) is 3.14. The molecule has 3 nitrogen and oxygen atoms in total. The van der Waals surface area contributed by atoms with E-state index in [9.17, 15) is 0 Å². The van der Waals surface area contributed by atoms with E-state index in [2.05, 4.69) is 28.5 Å². The van der Waals surface area contributed by atoms with E-state index in [4.69, 9.17) is 23.2 Å². The summed E-state index contributed by atoms with van der Waals surface area (Å²) in [4.78, 5) is 4.65. The number of fused-ring (bicyclic) bond motifs is 1. The van der Waals surface area contributed by atoms with Crippen LogP contribution in [0.5, 0.6) is 0 Å². The summed E-state index contributed by atoms with van der Waals surface area (Å²) in [6.45, 7) is 4.54. The molecule has 5 heteroatoms. The zero-order chi connectivity index (χ0) is 14.3. The number of alkyl halides is 1. The predicted molar refractivity (Wildman–Crippen MR) is 85.3 cm³/mol. The molecule has 0 amide bonds. The topological polar surface area (TPSA) is 21.1 Å². The Morgan fingerprint density at radius 3 is 2.60 bits per heavy atom. The number of hydrogen-bond donors (Lipinski definition) is 0. The molecule has 108 valence electrons. The zero-order valence-electron chi connectivity index (χ0n) is 11.8. The third kappa shape index (κ3) is 2.27. The maximum atomic E-state index is 6.16. The minimum atomic E-state index is 0.405. The molecule has 2 heterocycles. The lowest BCUT2D eigenvalue weighted by Gasteiger charge is -2.42. The molecule has 1 aliphatic heterocycles. The largest absolute Gasteiger partial charge is 0.305 e. The maximum Gasteiger partial charge on any atom is 0.143 e. The van der Waals surface area contributed by atoms with Gasteiger partial charge in [-0.05, 0) is 51.3 Å². The number of hydrogen-bond acceptors (Lipinski definition) is 2. The van der Waals surface area contributed by atoms with Gasteiger partial charge in [0.1, 0.15) is 5.82 Å². The summed E-state index contributed by atoms with van der Waals surface area (Å²) < 4.78 is 2.18. The van der Waals surface area contributed by atoms with Crippen LogP contribution in [-0.4, -0.2) is 21.7 Å². The normalized spacial score (nSPS) is 23.5. The molecule has 2 aromatic rings. The highest BCUT2D eigenvalue weighted by Crippen LogP contribution is 2.28. The smallest absolute Gasteiger partial charge is 0.143 e. The summed E-state index contributed by atoms with van der Waals surface area (Å²) in [6.07, 6.45) is 3.68. The number of imidazole rings is 1. The van der Waals surface area contributed by atoms with E-state index in [1.54, 1.807) is 0 Å². The molecule has 0 aliphatic carbocycles. The number of halogens is 2. The fourth-order valence-electron chi connectivity index (χ4n) is 3.23. The molecule has 20 heavy (non-hydrogen) atoms. The van der Waals surface area contributed by atoms with E-state index < -0.39 is 0 Å². The van der Waals surface area contributed by atoms with Crippen molar-refractivity contribution in [3.05, 3.63) is 29.0 Å². The lowest BCUT2D eigenvalue weighted by molar-refractivity contribution is 0.337. The first-order valence-electron chi connectivity index (χ1n) is 7.13. The quantitative estimate of drug-likeness (QED) is 0.770. The Morgan fingerprint density at radius 2 is 1.95 bits per heavy atom. The average molecular weight is 312 g/mol. The molecule has 0 spiro atoms. The van der Waals surface area contributed by atoms with Crippen LogP contribution in [0, 0.1) is 0 Å². The molecule has 2 unspecified atom stereocenters. The molecule has 2 atom stereocenters. The van der Waals surface area contributed by atoms with E-state index in [-0.39, 0.29) is 0 Å². The van der Waals surface area contributed by atoms with Crippen LogP contribution in [0.1, 0.15) is 38.9 Å². The van der Waals surface area contributed by atoms with Crippen LogP contribution in [0.25, 0.3) is 11.0 Å². The molecule has 0 saturated carbocycles. The van der Waals surface area contributed by atoms with Gasteiger partial charge in [0.05, 0.1) is 16.9 Å². The molecule has 1 saturated heterocycles. The van der Waals surface area contributed by atoms with Gasteiger partial charge in [-0.3, -0.25) is 0 Å². The van der Waals surface area contributed by atoms with E-state index in [1.807, 2.05) is 18.2 Å². The first-order chi connectivity index (χ1) is 9.61. The molecular formula is C15H19Cl2N3. The van der Waals surface area contributed by atoms with Crippen LogP contribution >= 0.6 is 23.2 Å². The van der Waals surface area contributed by atoms with Crippen molar-refractivity contribution in [3.8, 4) is 0 Å². The maximum absolute atomic E-state index is 6.16. The van der Waals surface area contributed by atoms with Gasteiger partial charge in [-0.15, -0.1) is 11.6 Å². The van der Waals surface area contributed by atoms with Crippen LogP contribution in [0.2, 0.25) is 5.02 Å². The molecule has 3 rings (SSSR count). The fraction of sp³-hybridized carbons (Fsp3) is 0.533. The van der Waals surface area contributed by atoms with E-state index in [0.29, 0.717) is 18.0 Å². The molecule has 1 aromatic heterocycles. The minimum absolute atomic E-state index is 0.405. The molecule has 0 radical (unpaired) electrons. The number of rotatable bonds is 2. The summed E-state index contributed by atoms with van der Waals surface area (Å²) in [6, 6.07) is 6.79. The van der Waals surface area contributed by atoms with Gasteiger partial charge in [-0.2, -0.15) is 0 Å². The lowest BCUT2D eigenvalue weighted by atomic mass is 10.00. The molecule has 1 aromatic carbocycles. The van der Waals surface area contributed by atoms with Crippen molar-refractivity contribution in [2.75, 3.05) is 5.01 Å². The van der Waals surface area contributed by atoms with E-state index in [1.165, 1.54) is 19.3 Å². The Bertz CT molecular complexity index is 613.